The van der Waals surface area contributed by atoms with Gasteiger partial charge in [0, 0.05) is 31.8 Å². The highest BCUT2D eigenvalue weighted by atomic mass is 15.1. The predicted molar refractivity (Wildman–Crippen MR) is 174 cm³/mol. The number of aromatic nitrogens is 2. The summed E-state index contributed by atoms with van der Waals surface area (Å²) in [4.78, 5) is 11.9. The monoisotopic (exact) mass is 545 g/mol. The molecule has 2 aliphatic carbocycles. The highest BCUT2D eigenvalue weighted by Gasteiger charge is 2.27. The van der Waals surface area contributed by atoms with Gasteiger partial charge in [-0.2, -0.15) is 0 Å². The average Bonchev–Trinajstić information content (AvgIpc) is 3.33. The van der Waals surface area contributed by atoms with Gasteiger partial charge in [-0.3, -0.25) is 0 Å². The van der Waals surface area contributed by atoms with Gasteiger partial charge in [0.15, 0.2) is 0 Å². The van der Waals surface area contributed by atoms with Gasteiger partial charge in [-0.25, -0.2) is 9.97 Å². The number of anilines is 1. The van der Waals surface area contributed by atoms with Gasteiger partial charge in [-0.05, 0) is 59.1 Å². The third kappa shape index (κ3) is 6.50. The molecule has 2 aliphatic rings. The average molecular weight is 546 g/mol. The fourth-order valence-corrected chi connectivity index (χ4v) is 7.61. The van der Waals surface area contributed by atoms with Gasteiger partial charge in [0.05, 0.1) is 5.52 Å². The van der Waals surface area contributed by atoms with Crippen LogP contribution in [0.1, 0.15) is 99.9 Å². The maximum atomic E-state index is 4.89. The Morgan fingerprint density at radius 3 is 1.83 bits per heavy atom. The molecule has 3 aromatic carbocycles. The van der Waals surface area contributed by atoms with Crippen LogP contribution in [0.5, 0.6) is 0 Å². The quantitative estimate of drug-likeness (QED) is 0.166. The Kier molecular flexibility index (Phi) is 8.99. The largest absolute Gasteiger partial charge is 0.362 e. The van der Waals surface area contributed by atoms with E-state index in [0.29, 0.717) is 5.92 Å². The number of hydrogen-bond donors (Lipinski definition) is 0. The molecule has 1 heterocycles. The highest BCUT2D eigenvalue weighted by Crippen LogP contribution is 2.46. The molecule has 3 nitrogen and oxygen atoms in total. The van der Waals surface area contributed by atoms with Crippen molar-refractivity contribution < 1.29 is 0 Å². The van der Waals surface area contributed by atoms with Crippen molar-refractivity contribution in [1.29, 1.82) is 0 Å². The van der Waals surface area contributed by atoms with Gasteiger partial charge in [0.25, 0.3) is 0 Å². The third-order valence-corrected chi connectivity index (χ3v) is 9.85. The second-order valence-electron chi connectivity index (χ2n) is 12.9. The zero-order chi connectivity index (χ0) is 28.0. The lowest BCUT2D eigenvalue weighted by Gasteiger charge is -2.28. The standard InChI is InChI=1S/C38H47N3/c1-41(2)38-35-21-11-12-22-36(35)39-37(40-38)23-13-6-15-29-26-24-28(25-27-29)14-4-3-5-16-30-31-17-7-9-19-33(31)34-20-10-8-18-32(30)34/h7-12,17-22,28-30H,3-6,13-16,23-27H2,1-2H3. The van der Waals surface area contributed by atoms with Gasteiger partial charge >= 0.3 is 0 Å². The molecule has 0 aliphatic heterocycles. The van der Waals surface area contributed by atoms with Crippen molar-refractivity contribution in [2.75, 3.05) is 19.0 Å². The topological polar surface area (TPSA) is 29.0 Å². The maximum absolute atomic E-state index is 4.89. The smallest absolute Gasteiger partial charge is 0.139 e. The van der Waals surface area contributed by atoms with Crippen LogP contribution in [-0.4, -0.2) is 24.1 Å². The van der Waals surface area contributed by atoms with Crippen LogP contribution in [0.4, 0.5) is 5.82 Å². The van der Waals surface area contributed by atoms with Crippen molar-refractivity contribution in [3.05, 3.63) is 89.7 Å². The minimum atomic E-state index is 0.598. The van der Waals surface area contributed by atoms with E-state index in [1.54, 1.807) is 11.1 Å². The van der Waals surface area contributed by atoms with Crippen LogP contribution in [-0.2, 0) is 6.42 Å². The first-order valence-electron chi connectivity index (χ1n) is 16.3. The number of fused-ring (bicyclic) bond motifs is 4. The Bertz CT molecular complexity index is 1390. The molecule has 0 spiro atoms. The number of aryl methyl sites for hydroxylation is 1. The molecule has 0 unspecified atom stereocenters. The Morgan fingerprint density at radius 1 is 0.610 bits per heavy atom. The zero-order valence-corrected chi connectivity index (χ0v) is 25.2. The minimum absolute atomic E-state index is 0.598. The Hall–Kier alpha value is -3.20. The molecule has 0 N–H and O–H groups in total. The van der Waals surface area contributed by atoms with Crippen molar-refractivity contribution in [3.63, 3.8) is 0 Å². The van der Waals surface area contributed by atoms with Crippen LogP contribution in [0.2, 0.25) is 0 Å². The maximum Gasteiger partial charge on any atom is 0.139 e. The van der Waals surface area contributed by atoms with Gasteiger partial charge in [0.2, 0.25) is 0 Å². The van der Waals surface area contributed by atoms with Crippen molar-refractivity contribution in [2.45, 2.75) is 89.4 Å². The van der Waals surface area contributed by atoms with Gasteiger partial charge < -0.3 is 4.90 Å². The summed E-state index contributed by atoms with van der Waals surface area (Å²) in [5.41, 5.74) is 7.09. The number of nitrogens with zero attached hydrogens (tertiary/aromatic N) is 3. The van der Waals surface area contributed by atoms with E-state index in [1.165, 1.54) is 88.2 Å². The Labute approximate surface area is 247 Å². The summed E-state index contributed by atoms with van der Waals surface area (Å²) in [5.74, 6) is 4.54. The lowest BCUT2D eigenvalue weighted by Crippen LogP contribution is -2.15. The molecular weight excluding hydrogens is 498 g/mol. The summed E-state index contributed by atoms with van der Waals surface area (Å²) >= 11 is 0. The van der Waals surface area contributed by atoms with Crippen molar-refractivity contribution in [2.24, 2.45) is 11.8 Å². The number of unbranched alkanes of at least 4 members (excludes halogenated alkanes) is 3. The van der Waals surface area contributed by atoms with Crippen LogP contribution in [0.3, 0.4) is 0 Å². The van der Waals surface area contributed by atoms with Crippen molar-refractivity contribution in [1.82, 2.24) is 9.97 Å². The van der Waals surface area contributed by atoms with Crippen molar-refractivity contribution in [3.8, 4) is 11.1 Å². The van der Waals surface area contributed by atoms with E-state index in [9.17, 15) is 0 Å². The summed E-state index contributed by atoms with van der Waals surface area (Å²) in [5, 5.41) is 1.14. The van der Waals surface area contributed by atoms with E-state index in [4.69, 9.17) is 9.97 Å². The summed E-state index contributed by atoms with van der Waals surface area (Å²) in [6.07, 6.45) is 17.5. The molecule has 214 valence electrons. The SMILES string of the molecule is CN(C)c1nc(CCCCC2CCC(CCCCCC3c4ccccc4-c4ccccc43)CC2)nc2ccccc12. The molecule has 41 heavy (non-hydrogen) atoms. The molecule has 6 rings (SSSR count). The van der Waals surface area contributed by atoms with Gasteiger partial charge in [-0.15, -0.1) is 0 Å². The number of para-hydroxylation sites is 1. The van der Waals surface area contributed by atoms with Crippen LogP contribution in [0.15, 0.2) is 72.8 Å². The normalized spacial score (nSPS) is 18.4. The van der Waals surface area contributed by atoms with E-state index in [2.05, 4.69) is 91.8 Å². The molecule has 1 aromatic heterocycles. The molecule has 0 bridgehead atoms. The first kappa shape index (κ1) is 27.9. The first-order chi connectivity index (χ1) is 20.2. The molecule has 4 aromatic rings. The fraction of sp³-hybridized carbons (Fsp3) is 0.474. The van der Waals surface area contributed by atoms with Gasteiger partial charge in [0.1, 0.15) is 11.6 Å². The molecule has 0 saturated heterocycles. The third-order valence-electron chi connectivity index (χ3n) is 9.85. The Balaban J connectivity index is 0.875. The molecule has 1 saturated carbocycles. The van der Waals surface area contributed by atoms with Crippen LogP contribution >= 0.6 is 0 Å². The summed E-state index contributed by atoms with van der Waals surface area (Å²) < 4.78 is 0. The molecule has 0 amide bonds. The van der Waals surface area contributed by atoms with E-state index < -0.39 is 0 Å². The molecule has 3 heteroatoms. The summed E-state index contributed by atoms with van der Waals surface area (Å²) in [7, 11) is 4.15. The van der Waals surface area contributed by atoms with Crippen molar-refractivity contribution >= 4 is 16.7 Å². The molecule has 0 radical (unpaired) electrons. The second-order valence-corrected chi connectivity index (χ2v) is 12.9. The zero-order valence-electron chi connectivity index (χ0n) is 25.2. The fourth-order valence-electron chi connectivity index (χ4n) is 7.61. The minimum Gasteiger partial charge on any atom is -0.362 e. The second kappa shape index (κ2) is 13.2. The van der Waals surface area contributed by atoms with E-state index in [0.717, 1.165) is 40.8 Å². The van der Waals surface area contributed by atoms with E-state index >= 15 is 0 Å². The Morgan fingerprint density at radius 2 is 1.17 bits per heavy atom. The van der Waals surface area contributed by atoms with E-state index in [-0.39, 0.29) is 0 Å². The summed E-state index contributed by atoms with van der Waals surface area (Å²) in [6, 6.07) is 26.5. The number of benzene rings is 3. The van der Waals surface area contributed by atoms with Crippen LogP contribution in [0.25, 0.3) is 22.0 Å². The van der Waals surface area contributed by atoms with Gasteiger partial charge in [-0.1, -0.05) is 125 Å². The molecule has 0 atom stereocenters. The predicted octanol–water partition coefficient (Wildman–Crippen LogP) is 9.98. The molecular formula is C38H47N3. The summed E-state index contributed by atoms with van der Waals surface area (Å²) in [6.45, 7) is 0. The molecule has 1 fully saturated rings. The number of hydrogen-bond acceptors (Lipinski definition) is 3. The first-order valence-corrected chi connectivity index (χ1v) is 16.3. The van der Waals surface area contributed by atoms with Crippen LogP contribution < -0.4 is 4.90 Å². The van der Waals surface area contributed by atoms with E-state index in [1.807, 2.05) is 0 Å². The lowest BCUT2D eigenvalue weighted by atomic mass is 9.78. The highest BCUT2D eigenvalue weighted by molar-refractivity contribution is 5.89. The lowest BCUT2D eigenvalue weighted by molar-refractivity contribution is 0.244. The number of rotatable bonds is 12. The van der Waals surface area contributed by atoms with Crippen LogP contribution in [0, 0.1) is 11.8 Å².